The van der Waals surface area contributed by atoms with Crippen LogP contribution >= 0.6 is 11.6 Å². The molecule has 4 heteroatoms. The first-order valence-electron chi connectivity index (χ1n) is 6.37. The Kier molecular flexibility index (Phi) is 6.58. The molecule has 100 valence electrons. The van der Waals surface area contributed by atoms with Crippen LogP contribution in [0.2, 0.25) is 5.02 Å². The third-order valence-electron chi connectivity index (χ3n) is 2.82. The van der Waals surface area contributed by atoms with Crippen molar-refractivity contribution in [2.24, 2.45) is 0 Å². The SMILES string of the molecule is CCCCN(C)C(=O)NCCc1ccccc1Cl. The predicted molar refractivity (Wildman–Crippen MR) is 76.1 cm³/mol. The van der Waals surface area contributed by atoms with Crippen molar-refractivity contribution >= 4 is 17.6 Å². The smallest absolute Gasteiger partial charge is 0.317 e. The molecule has 1 rings (SSSR count). The van der Waals surface area contributed by atoms with Gasteiger partial charge in [0.1, 0.15) is 0 Å². The number of carbonyl (C=O) groups excluding carboxylic acids is 1. The zero-order chi connectivity index (χ0) is 13.4. The molecule has 0 heterocycles. The Balaban J connectivity index is 2.29. The van der Waals surface area contributed by atoms with Crippen LogP contribution in [0.3, 0.4) is 0 Å². The molecule has 0 saturated carbocycles. The number of halogens is 1. The highest BCUT2D eigenvalue weighted by molar-refractivity contribution is 6.31. The molecule has 1 N–H and O–H groups in total. The van der Waals surface area contributed by atoms with E-state index in [0.29, 0.717) is 6.54 Å². The van der Waals surface area contributed by atoms with E-state index in [1.807, 2.05) is 31.3 Å². The number of hydrogen-bond donors (Lipinski definition) is 1. The second-order valence-corrected chi connectivity index (χ2v) is 4.76. The lowest BCUT2D eigenvalue weighted by molar-refractivity contribution is 0.208. The lowest BCUT2D eigenvalue weighted by Gasteiger charge is -2.17. The Morgan fingerprint density at radius 1 is 1.39 bits per heavy atom. The van der Waals surface area contributed by atoms with Crippen LogP contribution in [-0.4, -0.2) is 31.1 Å². The van der Waals surface area contributed by atoms with E-state index in [0.717, 1.165) is 36.4 Å². The lowest BCUT2D eigenvalue weighted by Crippen LogP contribution is -2.38. The first-order valence-corrected chi connectivity index (χ1v) is 6.75. The Bertz CT molecular complexity index is 382. The van der Waals surface area contributed by atoms with Gasteiger partial charge in [0.25, 0.3) is 0 Å². The normalized spacial score (nSPS) is 10.2. The average Bonchev–Trinajstić information content (AvgIpc) is 2.38. The number of rotatable bonds is 6. The minimum atomic E-state index is -0.0181. The van der Waals surface area contributed by atoms with Crippen LogP contribution in [0.1, 0.15) is 25.3 Å². The van der Waals surface area contributed by atoms with Crippen LogP contribution in [0.25, 0.3) is 0 Å². The molecule has 0 unspecified atom stereocenters. The van der Waals surface area contributed by atoms with Crippen molar-refractivity contribution in [3.8, 4) is 0 Å². The number of carbonyl (C=O) groups is 1. The zero-order valence-electron chi connectivity index (χ0n) is 11.1. The van der Waals surface area contributed by atoms with Crippen molar-refractivity contribution in [2.45, 2.75) is 26.2 Å². The van der Waals surface area contributed by atoms with Crippen molar-refractivity contribution in [1.29, 1.82) is 0 Å². The maximum Gasteiger partial charge on any atom is 0.317 e. The standard InChI is InChI=1S/C14H21ClN2O/c1-3-4-11-17(2)14(18)16-10-9-12-7-5-6-8-13(12)15/h5-8H,3-4,9-11H2,1-2H3,(H,16,18). The molecule has 1 aromatic carbocycles. The first-order chi connectivity index (χ1) is 8.65. The van der Waals surface area contributed by atoms with E-state index in [-0.39, 0.29) is 6.03 Å². The maximum absolute atomic E-state index is 11.7. The molecular weight excluding hydrogens is 248 g/mol. The highest BCUT2D eigenvalue weighted by Gasteiger charge is 2.07. The van der Waals surface area contributed by atoms with Gasteiger partial charge in [-0.05, 0) is 24.5 Å². The van der Waals surface area contributed by atoms with E-state index < -0.39 is 0 Å². The van der Waals surface area contributed by atoms with Gasteiger partial charge in [-0.15, -0.1) is 0 Å². The Labute approximate surface area is 114 Å². The molecule has 0 atom stereocenters. The molecule has 0 aromatic heterocycles. The molecule has 0 saturated heterocycles. The molecule has 0 radical (unpaired) electrons. The molecular formula is C14H21ClN2O. The molecule has 0 aliphatic carbocycles. The fraction of sp³-hybridized carbons (Fsp3) is 0.500. The number of amides is 2. The fourth-order valence-electron chi connectivity index (χ4n) is 1.64. The summed E-state index contributed by atoms with van der Waals surface area (Å²) in [4.78, 5) is 13.4. The van der Waals surface area contributed by atoms with Crippen molar-refractivity contribution in [3.63, 3.8) is 0 Å². The number of hydrogen-bond acceptors (Lipinski definition) is 1. The maximum atomic E-state index is 11.7. The van der Waals surface area contributed by atoms with Crippen LogP contribution in [-0.2, 0) is 6.42 Å². The Morgan fingerprint density at radius 2 is 2.11 bits per heavy atom. The van der Waals surface area contributed by atoms with E-state index in [2.05, 4.69) is 12.2 Å². The van der Waals surface area contributed by atoms with Gasteiger partial charge in [0.2, 0.25) is 0 Å². The molecule has 0 aliphatic heterocycles. The van der Waals surface area contributed by atoms with Gasteiger partial charge in [0.05, 0.1) is 0 Å². The summed E-state index contributed by atoms with van der Waals surface area (Å²) in [6.45, 7) is 3.52. The van der Waals surface area contributed by atoms with Crippen molar-refractivity contribution in [2.75, 3.05) is 20.1 Å². The van der Waals surface area contributed by atoms with E-state index in [1.54, 1.807) is 4.90 Å². The van der Waals surface area contributed by atoms with E-state index in [1.165, 1.54) is 0 Å². The predicted octanol–water partition coefficient (Wildman–Crippen LogP) is 3.32. The Morgan fingerprint density at radius 3 is 2.78 bits per heavy atom. The molecule has 18 heavy (non-hydrogen) atoms. The van der Waals surface area contributed by atoms with Crippen molar-refractivity contribution < 1.29 is 4.79 Å². The van der Waals surface area contributed by atoms with Gasteiger partial charge in [0.15, 0.2) is 0 Å². The van der Waals surface area contributed by atoms with Gasteiger partial charge in [-0.1, -0.05) is 43.1 Å². The van der Waals surface area contributed by atoms with Crippen LogP contribution in [0.5, 0.6) is 0 Å². The van der Waals surface area contributed by atoms with Crippen LogP contribution < -0.4 is 5.32 Å². The number of nitrogens with zero attached hydrogens (tertiary/aromatic N) is 1. The summed E-state index contributed by atoms with van der Waals surface area (Å²) < 4.78 is 0. The molecule has 0 aliphatic rings. The van der Waals surface area contributed by atoms with Gasteiger partial charge < -0.3 is 10.2 Å². The van der Waals surface area contributed by atoms with E-state index >= 15 is 0 Å². The minimum absolute atomic E-state index is 0.0181. The van der Waals surface area contributed by atoms with Crippen molar-refractivity contribution in [1.82, 2.24) is 10.2 Å². The topological polar surface area (TPSA) is 32.3 Å². The number of benzene rings is 1. The summed E-state index contributed by atoms with van der Waals surface area (Å²) in [5.74, 6) is 0. The largest absolute Gasteiger partial charge is 0.338 e. The second-order valence-electron chi connectivity index (χ2n) is 4.35. The van der Waals surface area contributed by atoms with Gasteiger partial charge in [-0.3, -0.25) is 0 Å². The fourth-order valence-corrected chi connectivity index (χ4v) is 1.87. The summed E-state index contributed by atoms with van der Waals surface area (Å²) in [7, 11) is 1.82. The quantitative estimate of drug-likeness (QED) is 0.843. The molecule has 0 bridgehead atoms. The second kappa shape index (κ2) is 7.98. The summed E-state index contributed by atoms with van der Waals surface area (Å²) in [5, 5.41) is 3.65. The summed E-state index contributed by atoms with van der Waals surface area (Å²) in [5.41, 5.74) is 1.07. The Hall–Kier alpha value is -1.22. The number of unbranched alkanes of at least 4 members (excludes halogenated alkanes) is 1. The summed E-state index contributed by atoms with van der Waals surface area (Å²) in [6.07, 6.45) is 2.89. The monoisotopic (exact) mass is 268 g/mol. The highest BCUT2D eigenvalue weighted by atomic mass is 35.5. The molecule has 3 nitrogen and oxygen atoms in total. The van der Waals surface area contributed by atoms with Crippen LogP contribution in [0.4, 0.5) is 4.79 Å². The lowest BCUT2D eigenvalue weighted by atomic mass is 10.1. The van der Waals surface area contributed by atoms with Gasteiger partial charge in [-0.25, -0.2) is 4.79 Å². The number of urea groups is 1. The molecule has 0 spiro atoms. The molecule has 2 amide bonds. The molecule has 0 fully saturated rings. The molecule has 1 aromatic rings. The number of nitrogens with one attached hydrogen (secondary N) is 1. The zero-order valence-corrected chi connectivity index (χ0v) is 11.8. The van der Waals surface area contributed by atoms with E-state index in [4.69, 9.17) is 11.6 Å². The van der Waals surface area contributed by atoms with Crippen LogP contribution in [0, 0.1) is 0 Å². The van der Waals surface area contributed by atoms with Gasteiger partial charge >= 0.3 is 6.03 Å². The third kappa shape index (κ3) is 4.96. The van der Waals surface area contributed by atoms with E-state index in [9.17, 15) is 4.79 Å². The van der Waals surface area contributed by atoms with Gasteiger partial charge in [0, 0.05) is 25.2 Å². The van der Waals surface area contributed by atoms with Crippen molar-refractivity contribution in [3.05, 3.63) is 34.9 Å². The average molecular weight is 269 g/mol. The minimum Gasteiger partial charge on any atom is -0.338 e. The third-order valence-corrected chi connectivity index (χ3v) is 3.19. The highest BCUT2D eigenvalue weighted by Crippen LogP contribution is 2.14. The first kappa shape index (κ1) is 14.8. The summed E-state index contributed by atoms with van der Waals surface area (Å²) >= 11 is 6.05. The van der Waals surface area contributed by atoms with Crippen LogP contribution in [0.15, 0.2) is 24.3 Å². The summed E-state index contributed by atoms with van der Waals surface area (Å²) in [6, 6.07) is 7.69. The van der Waals surface area contributed by atoms with Gasteiger partial charge in [-0.2, -0.15) is 0 Å².